The summed E-state index contributed by atoms with van der Waals surface area (Å²) in [7, 11) is -2.17. The Balaban J connectivity index is 1.56. The van der Waals surface area contributed by atoms with Crippen LogP contribution in [0.3, 0.4) is 0 Å². The second kappa shape index (κ2) is 9.05. The van der Waals surface area contributed by atoms with Gasteiger partial charge in [0.15, 0.2) is 0 Å². The van der Waals surface area contributed by atoms with Gasteiger partial charge in [0.2, 0.25) is 10.0 Å². The Hall–Kier alpha value is -3.08. The average Bonchev–Trinajstić information content (AvgIpc) is 3.31. The number of benzene rings is 2. The Morgan fingerprint density at radius 1 is 1.18 bits per heavy atom. The molecule has 0 fully saturated rings. The minimum absolute atomic E-state index is 0.0522. The summed E-state index contributed by atoms with van der Waals surface area (Å²) in [4.78, 5) is 26.5. The zero-order valence-electron chi connectivity index (χ0n) is 18.2. The lowest BCUT2D eigenvalue weighted by atomic mass is 10.1. The molecule has 4 rings (SSSR count). The molecule has 0 N–H and O–H groups in total. The van der Waals surface area contributed by atoms with E-state index in [9.17, 15) is 23.3 Å². The molecule has 3 aromatic rings. The molecular formula is C23H23N3O5S2. The van der Waals surface area contributed by atoms with Crippen LogP contribution in [0, 0.1) is 10.1 Å². The third-order valence-electron chi connectivity index (χ3n) is 5.96. The number of nitro benzene ring substituents is 1. The van der Waals surface area contributed by atoms with Crippen LogP contribution in [0.25, 0.3) is 0 Å². The highest BCUT2D eigenvalue weighted by Crippen LogP contribution is 2.29. The summed E-state index contributed by atoms with van der Waals surface area (Å²) in [5, 5.41) is 13.1. The van der Waals surface area contributed by atoms with Gasteiger partial charge in [-0.25, -0.2) is 8.42 Å². The topological polar surface area (TPSA) is 101 Å². The van der Waals surface area contributed by atoms with Crippen molar-refractivity contribution in [3.63, 3.8) is 0 Å². The summed E-state index contributed by atoms with van der Waals surface area (Å²) < 4.78 is 28.0. The first-order valence-electron chi connectivity index (χ1n) is 10.4. The Morgan fingerprint density at radius 3 is 2.70 bits per heavy atom. The number of carbonyl (C=O) groups is 1. The third-order valence-corrected chi connectivity index (χ3v) is 8.82. The number of hydrogen-bond acceptors (Lipinski definition) is 6. The minimum atomic E-state index is -3.76. The normalized spacial score (nSPS) is 15.0. The van der Waals surface area contributed by atoms with Gasteiger partial charge < -0.3 is 4.90 Å². The number of thiophene rings is 1. The van der Waals surface area contributed by atoms with Crippen molar-refractivity contribution in [2.24, 2.45) is 0 Å². The molecular weight excluding hydrogens is 462 g/mol. The molecule has 8 nitrogen and oxygen atoms in total. The predicted octanol–water partition coefficient (Wildman–Crippen LogP) is 4.24. The molecule has 0 radical (unpaired) electrons. The monoisotopic (exact) mass is 485 g/mol. The Morgan fingerprint density at radius 2 is 1.94 bits per heavy atom. The van der Waals surface area contributed by atoms with E-state index in [0.717, 1.165) is 5.56 Å². The summed E-state index contributed by atoms with van der Waals surface area (Å²) in [5.74, 6) is -0.371. The van der Waals surface area contributed by atoms with E-state index in [4.69, 9.17) is 0 Å². The maximum atomic E-state index is 13.3. The predicted molar refractivity (Wildman–Crippen MR) is 126 cm³/mol. The van der Waals surface area contributed by atoms with Crippen molar-refractivity contribution in [2.45, 2.75) is 30.8 Å². The Labute approximate surface area is 196 Å². The first-order chi connectivity index (χ1) is 15.7. The summed E-state index contributed by atoms with van der Waals surface area (Å²) in [6, 6.07) is 13.7. The van der Waals surface area contributed by atoms with Crippen molar-refractivity contribution in [2.75, 3.05) is 13.6 Å². The van der Waals surface area contributed by atoms with Crippen molar-refractivity contribution in [3.05, 3.63) is 91.7 Å². The van der Waals surface area contributed by atoms with Crippen LogP contribution in [0.1, 0.15) is 39.3 Å². The lowest BCUT2D eigenvalue weighted by molar-refractivity contribution is -0.384. The molecule has 1 aromatic heterocycles. The molecule has 1 aliphatic rings. The van der Waals surface area contributed by atoms with Crippen molar-refractivity contribution in [1.29, 1.82) is 0 Å². The van der Waals surface area contributed by atoms with E-state index < -0.39 is 21.0 Å². The first kappa shape index (κ1) is 23.1. The van der Waals surface area contributed by atoms with Crippen LogP contribution in [-0.4, -0.2) is 42.0 Å². The van der Waals surface area contributed by atoms with E-state index in [1.807, 2.05) is 11.4 Å². The van der Waals surface area contributed by atoms with Crippen LogP contribution in [0.4, 0.5) is 5.69 Å². The van der Waals surface area contributed by atoms with Gasteiger partial charge in [-0.15, -0.1) is 11.3 Å². The van der Waals surface area contributed by atoms with E-state index in [1.54, 1.807) is 49.6 Å². The van der Waals surface area contributed by atoms with E-state index >= 15 is 0 Å². The second-order valence-corrected chi connectivity index (χ2v) is 10.9. The molecule has 172 valence electrons. The lowest BCUT2D eigenvalue weighted by Crippen LogP contribution is -2.35. The van der Waals surface area contributed by atoms with Crippen LogP contribution >= 0.6 is 11.3 Å². The zero-order chi connectivity index (χ0) is 23.8. The van der Waals surface area contributed by atoms with Gasteiger partial charge in [0.25, 0.3) is 11.6 Å². The number of rotatable bonds is 6. The highest BCUT2D eigenvalue weighted by Gasteiger charge is 2.30. The maximum Gasteiger partial charge on any atom is 0.269 e. The van der Waals surface area contributed by atoms with E-state index in [2.05, 4.69) is 0 Å². The Bertz CT molecular complexity index is 1320. The van der Waals surface area contributed by atoms with E-state index in [0.29, 0.717) is 25.1 Å². The third kappa shape index (κ3) is 4.54. The van der Waals surface area contributed by atoms with Gasteiger partial charge >= 0.3 is 0 Å². The highest BCUT2D eigenvalue weighted by atomic mass is 32.2. The van der Waals surface area contributed by atoms with Gasteiger partial charge in [0.1, 0.15) is 0 Å². The fourth-order valence-corrected chi connectivity index (χ4v) is 6.22. The number of fused-ring (bicyclic) bond motifs is 1. The molecule has 1 atom stereocenters. The number of non-ortho nitro benzene ring substituents is 1. The molecule has 1 amide bonds. The number of sulfonamides is 1. The molecule has 0 saturated heterocycles. The summed E-state index contributed by atoms with van der Waals surface area (Å²) in [6.45, 7) is 2.49. The quantitative estimate of drug-likeness (QED) is 0.384. The zero-order valence-corrected chi connectivity index (χ0v) is 19.8. The molecule has 2 heterocycles. The van der Waals surface area contributed by atoms with Crippen LogP contribution in [-0.2, 0) is 23.0 Å². The average molecular weight is 486 g/mol. The Kier molecular flexibility index (Phi) is 6.33. The van der Waals surface area contributed by atoms with Crippen molar-refractivity contribution < 1.29 is 18.1 Å². The maximum absolute atomic E-state index is 13.3. The van der Waals surface area contributed by atoms with Gasteiger partial charge in [-0.3, -0.25) is 14.9 Å². The number of amides is 1. The second-order valence-electron chi connectivity index (χ2n) is 7.93. The van der Waals surface area contributed by atoms with Gasteiger partial charge in [-0.05, 0) is 54.1 Å². The van der Waals surface area contributed by atoms with Crippen LogP contribution in [0.5, 0.6) is 0 Å². The SMILES string of the molecule is CC(c1cccc([N+](=O)[O-])c1)N(C)C(=O)c1cccc(S(=O)(=O)N2CCc3sccc3C2)c1. The largest absolute Gasteiger partial charge is 0.335 e. The fourth-order valence-electron chi connectivity index (χ4n) is 3.87. The standard InChI is InChI=1S/C23H23N3O5S2/c1-16(17-5-3-7-20(13-17)26(28)29)24(2)23(27)18-6-4-8-21(14-18)33(30,31)25-11-9-22-19(15-25)10-12-32-22/h3-8,10,12-14,16H,9,11,15H2,1-2H3. The number of carbonyl (C=O) groups excluding carboxylic acids is 1. The molecule has 0 saturated carbocycles. The summed E-state index contributed by atoms with van der Waals surface area (Å²) in [6.07, 6.45) is 0.675. The summed E-state index contributed by atoms with van der Waals surface area (Å²) in [5.41, 5.74) is 1.82. The summed E-state index contributed by atoms with van der Waals surface area (Å²) >= 11 is 1.64. The van der Waals surface area contributed by atoms with E-state index in [-0.39, 0.29) is 22.1 Å². The molecule has 10 heteroatoms. The molecule has 1 unspecified atom stereocenters. The van der Waals surface area contributed by atoms with Gasteiger partial charge in [0.05, 0.1) is 15.9 Å². The van der Waals surface area contributed by atoms with E-state index in [1.165, 1.54) is 38.3 Å². The van der Waals surface area contributed by atoms with Crippen molar-refractivity contribution in [3.8, 4) is 0 Å². The smallest absolute Gasteiger partial charge is 0.269 e. The highest BCUT2D eigenvalue weighted by molar-refractivity contribution is 7.89. The van der Waals surface area contributed by atoms with Crippen LogP contribution in [0.15, 0.2) is 64.9 Å². The molecule has 0 spiro atoms. The number of nitro groups is 1. The number of nitrogens with zero attached hydrogens (tertiary/aromatic N) is 3. The molecule has 0 aliphatic carbocycles. The lowest BCUT2D eigenvalue weighted by Gasteiger charge is -2.27. The number of hydrogen-bond donors (Lipinski definition) is 0. The molecule has 1 aliphatic heterocycles. The van der Waals surface area contributed by atoms with Gasteiger partial charge in [0, 0.05) is 42.7 Å². The fraction of sp³-hybridized carbons (Fsp3) is 0.261. The van der Waals surface area contributed by atoms with Crippen molar-refractivity contribution >= 4 is 33.0 Å². The first-order valence-corrected chi connectivity index (χ1v) is 12.7. The molecule has 2 aromatic carbocycles. The molecule has 33 heavy (non-hydrogen) atoms. The van der Waals surface area contributed by atoms with Crippen LogP contribution in [0.2, 0.25) is 0 Å². The minimum Gasteiger partial charge on any atom is -0.335 e. The van der Waals surface area contributed by atoms with Crippen molar-refractivity contribution in [1.82, 2.24) is 9.21 Å². The van der Waals surface area contributed by atoms with Gasteiger partial charge in [-0.2, -0.15) is 4.31 Å². The van der Waals surface area contributed by atoms with Gasteiger partial charge in [-0.1, -0.05) is 18.2 Å². The molecule has 0 bridgehead atoms. The van der Waals surface area contributed by atoms with Crippen LogP contribution < -0.4 is 0 Å².